The summed E-state index contributed by atoms with van der Waals surface area (Å²) in [6.45, 7) is 7.11. The number of hydrogen-bond acceptors (Lipinski definition) is 30. The minimum atomic E-state index is -0.428. The first-order valence-corrected chi connectivity index (χ1v) is 45.9. The summed E-state index contributed by atoms with van der Waals surface area (Å²) in [6, 6.07) is 28.0. The van der Waals surface area contributed by atoms with Crippen LogP contribution in [0.1, 0.15) is 154 Å². The fourth-order valence-electron chi connectivity index (χ4n) is 15.2. The molecule has 0 unspecified atom stereocenters. The summed E-state index contributed by atoms with van der Waals surface area (Å²) in [5.74, 6) is 6.42. The topological polar surface area (TPSA) is 334 Å². The number of aromatic nitrogens is 12. The maximum Gasteiger partial charge on any atom is 0.323 e. The van der Waals surface area contributed by atoms with E-state index in [4.69, 9.17) is 130 Å². The number of rotatable bonds is 28. The highest BCUT2D eigenvalue weighted by Gasteiger charge is 2.27. The van der Waals surface area contributed by atoms with E-state index >= 15 is 0 Å². The summed E-state index contributed by atoms with van der Waals surface area (Å²) in [4.78, 5) is 58.0. The Morgan fingerprint density at radius 1 is 0.362 bits per heavy atom. The molecule has 0 amide bonds. The van der Waals surface area contributed by atoms with E-state index in [2.05, 4.69) is 129 Å². The van der Waals surface area contributed by atoms with Gasteiger partial charge < -0.3 is 89.6 Å². The van der Waals surface area contributed by atoms with Crippen molar-refractivity contribution in [1.29, 1.82) is 0 Å². The molecule has 5 aromatic carbocycles. The van der Waals surface area contributed by atoms with Gasteiger partial charge in [-0.3, -0.25) is 0 Å². The number of nitrogens with two attached hydrogens (primary N) is 1. The van der Waals surface area contributed by atoms with Gasteiger partial charge in [-0.2, -0.15) is 59.8 Å². The molecular formula is C89H119Cl7FN21O9. The average Bonchev–Trinajstić information content (AvgIpc) is 0.826. The lowest BCUT2D eigenvalue weighted by Crippen LogP contribution is -2.42. The molecular weight excluding hydrogens is 1770 g/mol. The molecule has 2 aliphatic heterocycles. The van der Waals surface area contributed by atoms with Crippen LogP contribution in [0.4, 0.5) is 62.6 Å². The quantitative estimate of drug-likeness (QED) is 0.0248. The third-order valence-corrected chi connectivity index (χ3v) is 24.2. The number of piperidine rings is 2. The van der Waals surface area contributed by atoms with Gasteiger partial charge in [-0.05, 0) is 268 Å². The highest BCUT2D eigenvalue weighted by Crippen LogP contribution is 2.36. The zero-order valence-electron chi connectivity index (χ0n) is 73.7. The van der Waals surface area contributed by atoms with Crippen LogP contribution in [-0.4, -0.2) is 198 Å². The highest BCUT2D eigenvalue weighted by molar-refractivity contribution is 6.33. The Kier molecular flexibility index (Phi) is 41.9. The van der Waals surface area contributed by atoms with E-state index in [1.165, 1.54) is 161 Å². The molecule has 0 bridgehead atoms. The van der Waals surface area contributed by atoms with Crippen molar-refractivity contribution >= 4 is 139 Å². The molecule has 0 atom stereocenters. The minimum Gasteiger partial charge on any atom is -0.495 e. The second-order valence-electron chi connectivity index (χ2n) is 31.9. The molecule has 7 N–H and O–H groups in total. The molecule has 690 valence electrons. The lowest BCUT2D eigenvalue weighted by atomic mass is 9.90. The molecule has 15 rings (SSSR count). The van der Waals surface area contributed by atoms with E-state index in [1.54, 1.807) is 77.0 Å². The van der Waals surface area contributed by atoms with E-state index in [0.717, 1.165) is 50.5 Å². The normalized spacial score (nSPS) is 16.1. The van der Waals surface area contributed by atoms with Crippen molar-refractivity contribution in [2.45, 2.75) is 166 Å². The zero-order valence-corrected chi connectivity index (χ0v) is 79.0. The van der Waals surface area contributed by atoms with Crippen LogP contribution in [-0.2, 0) is 0 Å². The van der Waals surface area contributed by atoms with Crippen molar-refractivity contribution in [2.75, 3.05) is 148 Å². The van der Waals surface area contributed by atoms with Gasteiger partial charge >= 0.3 is 24.0 Å². The maximum absolute atomic E-state index is 12.6. The average molecular weight is 1890 g/mol. The van der Waals surface area contributed by atoms with Gasteiger partial charge in [0.25, 0.3) is 0 Å². The van der Waals surface area contributed by atoms with Crippen LogP contribution in [0.25, 0.3) is 0 Å². The van der Waals surface area contributed by atoms with Crippen molar-refractivity contribution < 1.29 is 47.0 Å². The number of halogens is 8. The molecule has 30 nitrogen and oxygen atoms in total. The van der Waals surface area contributed by atoms with Crippen LogP contribution in [0.15, 0.2) is 91.0 Å². The standard InChI is InChI=1S/C24H27Cl2N5O3.C24H35ClN6O2.C17H20Cl2N4O2.C10H13Cl2N3O.C7H8FNO.C7H16N2/c1-32-20-10-8-16(12-18(20)25)27-22-29-23(28-17-9-11-21(33-2)19(26)13-17)31-24(30-22)34-14-15-6-4-3-5-7-15;1-30-13-11-19(12-14-30)31(2)23-27-22(26-18-9-10-21(32-3)20(25)15-18)28-24(29-23)33-16-17-7-5-4-6-8-17;1-24-14-8-7-12(9-13(14)18)20-16-21-15(19)22-17(23-16)25-10-11-5-3-2-4-6-11;11-8-13-9(12)15-10(14-8)16-6-7-4-2-1-3-5-7;1-10-7-3-2-5(9)4-6(7)8;1-8-7-3-5-9(2)6-4-7/h8-13,15H,3-7,14H2,1-2H3,(H2,27,28,29,30,31);9-10,15,17,19H,4-8,11-14,16H2,1-3H3,(H,26,27,28,29);7-9,11H,2-6,10H2,1H3,(H,20,21,22,23);7H,1-6H2;2-4H,9H2,1H3;7-8H,3-6H2,1-2H3. The molecule has 2 saturated heterocycles. The van der Waals surface area contributed by atoms with E-state index in [1.807, 2.05) is 30.3 Å². The number of anilines is 10. The van der Waals surface area contributed by atoms with E-state index < -0.39 is 5.82 Å². The SMILES string of the molecule is CNC1CCN(C)CC1.COc1ccc(N)cc1F.COc1ccc(Nc2nc(Cl)nc(OCC3CCCCC3)n2)cc1Cl.COc1ccc(Nc2nc(Nc3ccc(OC)c(Cl)c3)nc(OCC3CCCCC3)n2)cc1Cl.COc1ccc(Nc2nc(OCC3CCCCC3)nc(N(C)C3CCN(C)CC3)n2)cc1Cl.Clc1nc(Cl)nc(OCC2CCCCC2)n1. The number of hydrogen-bond donors (Lipinski definition) is 6. The molecule has 6 aliphatic rings. The van der Waals surface area contributed by atoms with E-state index in [-0.39, 0.29) is 39.6 Å². The van der Waals surface area contributed by atoms with E-state index in [0.29, 0.717) is 158 Å². The van der Waals surface area contributed by atoms with Crippen LogP contribution in [0, 0.1) is 29.5 Å². The van der Waals surface area contributed by atoms with Gasteiger partial charge in [0.2, 0.25) is 45.6 Å². The molecule has 127 heavy (non-hydrogen) atoms. The molecule has 4 aliphatic carbocycles. The fraction of sp³-hybridized carbons (Fsp3) is 0.528. The molecule has 4 aromatic heterocycles. The molecule has 9 aromatic rings. The van der Waals surface area contributed by atoms with Gasteiger partial charge in [0.1, 0.15) is 23.0 Å². The Morgan fingerprint density at radius 3 is 0.992 bits per heavy atom. The van der Waals surface area contributed by atoms with Gasteiger partial charge in [0, 0.05) is 53.6 Å². The third-order valence-electron chi connectivity index (χ3n) is 22.5. The maximum atomic E-state index is 12.6. The fourth-order valence-corrected chi connectivity index (χ4v) is 16.7. The summed E-state index contributed by atoms with van der Waals surface area (Å²) >= 11 is 42.2. The first-order chi connectivity index (χ1) is 61.5. The molecule has 0 spiro atoms. The summed E-state index contributed by atoms with van der Waals surface area (Å²) in [5.41, 5.74) is 8.58. The van der Waals surface area contributed by atoms with Crippen molar-refractivity contribution in [3.8, 4) is 52.8 Å². The molecule has 0 radical (unpaired) electrons. The Hall–Kier alpha value is -9.02. The summed E-state index contributed by atoms with van der Waals surface area (Å²) in [7, 11) is 16.2. The number of methoxy groups -OCH3 is 5. The Balaban J connectivity index is 0.000000168. The second kappa shape index (κ2) is 53.2. The van der Waals surface area contributed by atoms with Gasteiger partial charge in [-0.15, -0.1) is 0 Å². The summed E-state index contributed by atoms with van der Waals surface area (Å²) in [6.07, 6.45) is 29.7. The minimum absolute atomic E-state index is 0.0682. The Morgan fingerprint density at radius 2 is 0.661 bits per heavy atom. The van der Waals surface area contributed by atoms with Gasteiger partial charge in [-0.1, -0.05) is 123 Å². The number of benzene rings is 5. The Labute approximate surface area is 779 Å². The lowest BCUT2D eigenvalue weighted by Gasteiger charge is -2.35. The molecule has 38 heteroatoms. The number of ether oxygens (including phenoxy) is 9. The van der Waals surface area contributed by atoms with Gasteiger partial charge in [-0.25, -0.2) is 4.39 Å². The first kappa shape index (κ1) is 100. The predicted octanol–water partition coefficient (Wildman–Crippen LogP) is 21.2. The third kappa shape index (κ3) is 34.4. The lowest BCUT2D eigenvalue weighted by molar-refractivity contribution is 0.196. The number of nitrogens with zero attached hydrogens (tertiary/aromatic N) is 15. The molecule has 6 fully saturated rings. The van der Waals surface area contributed by atoms with Gasteiger partial charge in [0.05, 0.1) is 82.1 Å². The smallest absolute Gasteiger partial charge is 0.323 e. The number of likely N-dealkylation sites (tertiary alicyclic amines) is 2. The number of nitrogen functional groups attached to an aromatic ring is 1. The number of nitrogens with one attached hydrogen (secondary N) is 5. The van der Waals surface area contributed by atoms with Crippen molar-refractivity contribution in [3.63, 3.8) is 0 Å². The van der Waals surface area contributed by atoms with Crippen LogP contribution in [0.5, 0.6) is 52.8 Å². The predicted molar refractivity (Wildman–Crippen MR) is 504 cm³/mol. The summed E-state index contributed by atoms with van der Waals surface area (Å²) in [5, 5.41) is 18.1. The molecule has 4 saturated carbocycles. The van der Waals surface area contributed by atoms with Crippen molar-refractivity contribution in [3.05, 3.63) is 133 Å². The second-order valence-corrected chi connectivity index (χ2v) is 34.6. The molecule has 6 heterocycles. The summed E-state index contributed by atoms with van der Waals surface area (Å²) < 4.78 is 61.4. The zero-order chi connectivity index (χ0) is 90.4. The first-order valence-electron chi connectivity index (χ1n) is 43.3. The van der Waals surface area contributed by atoms with Crippen LogP contribution >= 0.6 is 81.2 Å². The van der Waals surface area contributed by atoms with E-state index in [9.17, 15) is 4.39 Å². The van der Waals surface area contributed by atoms with Crippen LogP contribution in [0.2, 0.25) is 35.9 Å². The monoisotopic (exact) mass is 1890 g/mol. The van der Waals surface area contributed by atoms with Crippen molar-refractivity contribution in [2.24, 2.45) is 23.7 Å². The Bertz CT molecular complexity index is 4730. The van der Waals surface area contributed by atoms with Gasteiger partial charge in [0.15, 0.2) is 11.6 Å². The van der Waals surface area contributed by atoms with Crippen LogP contribution in [0.3, 0.4) is 0 Å². The highest BCUT2D eigenvalue weighted by atomic mass is 35.5. The largest absolute Gasteiger partial charge is 0.495 e. The van der Waals surface area contributed by atoms with Crippen molar-refractivity contribution in [1.82, 2.24) is 74.9 Å². The van der Waals surface area contributed by atoms with Crippen LogP contribution < -0.4 is 79.8 Å².